The summed E-state index contributed by atoms with van der Waals surface area (Å²) in [6.45, 7) is 0.407. The molecule has 4 aromatic rings. The Morgan fingerprint density at radius 1 is 1.03 bits per heavy atom. The fourth-order valence-electron chi connectivity index (χ4n) is 3.95. The number of benzene rings is 3. The first kappa shape index (κ1) is 21.7. The Labute approximate surface area is 187 Å². The first-order valence-corrected chi connectivity index (χ1v) is 10.7. The Bertz CT molecular complexity index is 1200. The van der Waals surface area contributed by atoms with Crippen LogP contribution in [0.2, 0.25) is 0 Å². The molecule has 164 valence electrons. The molecule has 1 atom stereocenters. The summed E-state index contributed by atoms with van der Waals surface area (Å²) in [5.41, 5.74) is 3.79. The van der Waals surface area contributed by atoms with Crippen LogP contribution in [-0.4, -0.2) is 41.0 Å². The number of rotatable bonds is 8. The number of amides is 1. The number of hydrogen-bond acceptors (Lipinski definition) is 3. The van der Waals surface area contributed by atoms with Crippen LogP contribution in [0.15, 0.2) is 78.9 Å². The minimum atomic E-state index is -0.277. The molecule has 0 saturated heterocycles. The van der Waals surface area contributed by atoms with Gasteiger partial charge in [-0.05, 0) is 56.1 Å². The fourth-order valence-corrected chi connectivity index (χ4v) is 3.95. The summed E-state index contributed by atoms with van der Waals surface area (Å²) in [6, 6.07) is 24.4. The first-order valence-electron chi connectivity index (χ1n) is 10.7. The van der Waals surface area contributed by atoms with E-state index >= 15 is 0 Å². The molecule has 4 rings (SSSR count). The highest BCUT2D eigenvalue weighted by Crippen LogP contribution is 2.22. The predicted molar refractivity (Wildman–Crippen MR) is 125 cm³/mol. The number of hydrogen-bond donors (Lipinski definition) is 1. The van der Waals surface area contributed by atoms with E-state index < -0.39 is 0 Å². The van der Waals surface area contributed by atoms with E-state index in [4.69, 9.17) is 4.98 Å². The Kier molecular flexibility index (Phi) is 6.61. The molecule has 0 aliphatic heterocycles. The molecule has 6 heteroatoms. The molecule has 1 heterocycles. The number of halogens is 1. The van der Waals surface area contributed by atoms with Crippen LogP contribution in [0.5, 0.6) is 0 Å². The molecule has 0 fully saturated rings. The molecule has 1 aromatic heterocycles. The molecule has 5 nitrogen and oxygen atoms in total. The maximum atomic E-state index is 13.6. The summed E-state index contributed by atoms with van der Waals surface area (Å²) in [4.78, 5) is 19.4. The van der Waals surface area contributed by atoms with Crippen LogP contribution in [0.1, 0.15) is 23.9 Å². The molecule has 1 N–H and O–H groups in total. The lowest BCUT2D eigenvalue weighted by molar-refractivity contribution is -0.121. The van der Waals surface area contributed by atoms with E-state index in [1.54, 1.807) is 6.07 Å². The molecule has 1 unspecified atom stereocenters. The monoisotopic (exact) mass is 430 g/mol. The number of nitrogens with one attached hydrogen (secondary N) is 1. The summed E-state index contributed by atoms with van der Waals surface area (Å²) in [5.74, 6) is 0.516. The number of aromatic nitrogens is 2. The van der Waals surface area contributed by atoms with E-state index in [0.717, 1.165) is 28.1 Å². The third-order valence-electron chi connectivity index (χ3n) is 5.57. The average molecular weight is 431 g/mol. The van der Waals surface area contributed by atoms with Crippen molar-refractivity contribution in [2.24, 2.45) is 0 Å². The van der Waals surface area contributed by atoms with Gasteiger partial charge in [-0.1, -0.05) is 42.5 Å². The maximum Gasteiger partial charge on any atom is 0.220 e. The van der Waals surface area contributed by atoms with Gasteiger partial charge in [-0.2, -0.15) is 0 Å². The lowest BCUT2D eigenvalue weighted by atomic mass is 10.1. The summed E-state index contributed by atoms with van der Waals surface area (Å²) < 4.78 is 15.8. The van der Waals surface area contributed by atoms with Gasteiger partial charge in [0.1, 0.15) is 11.6 Å². The molecule has 0 aliphatic carbocycles. The molecule has 0 bridgehead atoms. The van der Waals surface area contributed by atoms with E-state index in [2.05, 4.69) is 9.88 Å². The van der Waals surface area contributed by atoms with Gasteiger partial charge in [0, 0.05) is 25.1 Å². The zero-order valence-corrected chi connectivity index (χ0v) is 18.3. The van der Waals surface area contributed by atoms with Crippen LogP contribution >= 0.6 is 0 Å². The molecule has 0 radical (unpaired) electrons. The van der Waals surface area contributed by atoms with E-state index in [1.807, 2.05) is 79.7 Å². The van der Waals surface area contributed by atoms with Gasteiger partial charge >= 0.3 is 0 Å². The minimum Gasteiger partial charge on any atom is -0.354 e. The normalized spacial score (nSPS) is 12.2. The Morgan fingerprint density at radius 3 is 2.53 bits per heavy atom. The van der Waals surface area contributed by atoms with Gasteiger partial charge in [0.25, 0.3) is 0 Å². The van der Waals surface area contributed by atoms with Crippen LogP contribution in [0, 0.1) is 5.82 Å². The number of aryl methyl sites for hydroxylation is 1. The number of fused-ring (bicyclic) bond motifs is 1. The quantitative estimate of drug-likeness (QED) is 0.447. The van der Waals surface area contributed by atoms with E-state index in [0.29, 0.717) is 19.4 Å². The smallest absolute Gasteiger partial charge is 0.220 e. The molecule has 32 heavy (non-hydrogen) atoms. The summed E-state index contributed by atoms with van der Waals surface area (Å²) in [7, 11) is 3.84. The topological polar surface area (TPSA) is 50.2 Å². The Morgan fingerprint density at radius 2 is 1.78 bits per heavy atom. The van der Waals surface area contributed by atoms with Crippen LogP contribution in [0.4, 0.5) is 4.39 Å². The minimum absolute atomic E-state index is 0.0556. The van der Waals surface area contributed by atoms with Gasteiger partial charge in [-0.25, -0.2) is 9.37 Å². The number of likely N-dealkylation sites (N-methyl/N-ethyl adjacent to an activating group) is 1. The van der Waals surface area contributed by atoms with Crippen LogP contribution in [0.3, 0.4) is 0 Å². The Hall–Kier alpha value is -3.51. The van der Waals surface area contributed by atoms with Gasteiger partial charge in [0.2, 0.25) is 5.91 Å². The van der Waals surface area contributed by atoms with Crippen molar-refractivity contribution in [2.75, 3.05) is 20.6 Å². The molecular weight excluding hydrogens is 403 g/mol. The van der Waals surface area contributed by atoms with Crippen molar-refractivity contribution in [1.29, 1.82) is 0 Å². The van der Waals surface area contributed by atoms with Crippen molar-refractivity contribution in [3.63, 3.8) is 0 Å². The van der Waals surface area contributed by atoms with Crippen molar-refractivity contribution in [1.82, 2.24) is 19.8 Å². The number of carbonyl (C=O) groups is 1. The van der Waals surface area contributed by atoms with Crippen molar-refractivity contribution >= 4 is 16.9 Å². The standard InChI is InChI=1S/C26H27FN4O/c1-30(2)24(19-9-8-10-20(27)17-19)18-28-26(32)16-15-25-29-22-13-6-7-14-23(22)31(25)21-11-4-3-5-12-21/h3-14,17,24H,15-16,18H2,1-2H3,(H,28,32). The lowest BCUT2D eigenvalue weighted by Gasteiger charge is -2.25. The van der Waals surface area contributed by atoms with E-state index in [-0.39, 0.29) is 17.8 Å². The first-order chi connectivity index (χ1) is 15.5. The van der Waals surface area contributed by atoms with Crippen LogP contribution in [0.25, 0.3) is 16.7 Å². The van der Waals surface area contributed by atoms with Gasteiger partial charge < -0.3 is 10.2 Å². The average Bonchev–Trinajstić information content (AvgIpc) is 3.16. The fraction of sp³-hybridized carbons (Fsp3) is 0.231. The van der Waals surface area contributed by atoms with Crippen molar-refractivity contribution in [3.8, 4) is 5.69 Å². The molecule has 0 saturated carbocycles. The third kappa shape index (κ3) is 4.86. The second-order valence-electron chi connectivity index (χ2n) is 8.03. The predicted octanol–water partition coefficient (Wildman–Crippen LogP) is 4.52. The number of imidazole rings is 1. The van der Waals surface area contributed by atoms with Crippen molar-refractivity contribution < 1.29 is 9.18 Å². The molecule has 1 amide bonds. The molecule has 0 spiro atoms. The lowest BCUT2D eigenvalue weighted by Crippen LogP contribution is -2.34. The second kappa shape index (κ2) is 9.75. The largest absolute Gasteiger partial charge is 0.354 e. The number of para-hydroxylation sites is 3. The molecule has 3 aromatic carbocycles. The van der Waals surface area contributed by atoms with Gasteiger partial charge in [-0.15, -0.1) is 0 Å². The molecule has 0 aliphatic rings. The van der Waals surface area contributed by atoms with Crippen LogP contribution in [-0.2, 0) is 11.2 Å². The Balaban J connectivity index is 1.46. The van der Waals surface area contributed by atoms with E-state index in [1.165, 1.54) is 12.1 Å². The van der Waals surface area contributed by atoms with Gasteiger partial charge in [-0.3, -0.25) is 9.36 Å². The zero-order valence-electron chi connectivity index (χ0n) is 18.3. The number of carbonyl (C=O) groups excluding carboxylic acids is 1. The third-order valence-corrected chi connectivity index (χ3v) is 5.57. The number of nitrogens with zero attached hydrogens (tertiary/aromatic N) is 3. The zero-order chi connectivity index (χ0) is 22.5. The van der Waals surface area contributed by atoms with E-state index in [9.17, 15) is 9.18 Å². The van der Waals surface area contributed by atoms with Crippen molar-refractivity contribution in [2.45, 2.75) is 18.9 Å². The summed E-state index contributed by atoms with van der Waals surface area (Å²) >= 11 is 0. The van der Waals surface area contributed by atoms with Gasteiger partial charge in [0.15, 0.2) is 0 Å². The summed E-state index contributed by atoms with van der Waals surface area (Å²) in [5, 5.41) is 3.01. The highest BCUT2D eigenvalue weighted by molar-refractivity contribution is 5.79. The second-order valence-corrected chi connectivity index (χ2v) is 8.03. The molecular formula is C26H27FN4O. The summed E-state index contributed by atoms with van der Waals surface area (Å²) in [6.07, 6.45) is 0.835. The highest BCUT2D eigenvalue weighted by Gasteiger charge is 2.17. The maximum absolute atomic E-state index is 13.6. The SMILES string of the molecule is CN(C)C(CNC(=O)CCc1nc2ccccc2n1-c1ccccc1)c1cccc(F)c1. The van der Waals surface area contributed by atoms with Gasteiger partial charge in [0.05, 0.1) is 17.1 Å². The highest BCUT2D eigenvalue weighted by atomic mass is 19.1. The van der Waals surface area contributed by atoms with Crippen molar-refractivity contribution in [3.05, 3.63) is 96.1 Å². The van der Waals surface area contributed by atoms with Crippen LogP contribution < -0.4 is 5.32 Å².